The maximum atomic E-state index is 10.6. The maximum absolute atomic E-state index is 10.6. The van der Waals surface area contributed by atoms with Gasteiger partial charge >= 0.3 is 0 Å². The first-order valence-electron chi connectivity index (χ1n) is 6.23. The zero-order valence-corrected chi connectivity index (χ0v) is 12.2. The van der Waals surface area contributed by atoms with E-state index < -0.39 is 7.82 Å². The molecule has 0 radical (unpaired) electrons. The predicted octanol–water partition coefficient (Wildman–Crippen LogP) is 1.98. The van der Waals surface area contributed by atoms with Gasteiger partial charge in [-0.2, -0.15) is 0 Å². The highest BCUT2D eigenvalue weighted by Crippen LogP contribution is 2.27. The lowest BCUT2D eigenvalue weighted by Crippen LogP contribution is -2.18. The summed E-state index contributed by atoms with van der Waals surface area (Å²) in [5, 5.41) is 3.58. The molecule has 6 heteroatoms. The molecule has 0 saturated carbocycles. The summed E-state index contributed by atoms with van der Waals surface area (Å²) in [5.41, 5.74) is 2.31. The van der Waals surface area contributed by atoms with Gasteiger partial charge in [-0.05, 0) is 25.3 Å². The number of oxime groups is 1. The third kappa shape index (κ3) is 5.15. The quantitative estimate of drug-likeness (QED) is 0.454. The fourth-order valence-electron chi connectivity index (χ4n) is 1.94. The number of phosphoric acid groups is 1. The first-order chi connectivity index (χ1) is 8.87. The molecule has 0 spiro atoms. The van der Waals surface area contributed by atoms with Crippen molar-refractivity contribution < 1.29 is 19.0 Å². The van der Waals surface area contributed by atoms with Crippen LogP contribution in [0.4, 0.5) is 0 Å². The highest BCUT2D eigenvalue weighted by molar-refractivity contribution is 7.43. The third-order valence-electron chi connectivity index (χ3n) is 2.93. The minimum absolute atomic E-state index is 0.0494. The maximum Gasteiger partial charge on any atom is 0.146 e. The molecule has 0 amide bonds. The van der Waals surface area contributed by atoms with Crippen LogP contribution in [0.3, 0.4) is 0 Å². The Labute approximate surface area is 113 Å². The Hall–Kier alpha value is -1.16. The molecule has 1 aromatic rings. The molecule has 0 aliphatic rings. The summed E-state index contributed by atoms with van der Waals surface area (Å²) < 4.78 is 14.7. The van der Waals surface area contributed by atoms with Gasteiger partial charge < -0.3 is 19.0 Å². The van der Waals surface area contributed by atoms with Crippen LogP contribution in [0.15, 0.2) is 29.4 Å². The summed E-state index contributed by atoms with van der Waals surface area (Å²) in [4.78, 5) is 21.2. The summed E-state index contributed by atoms with van der Waals surface area (Å²) in [6.45, 7) is 5.89. The minimum Gasteiger partial charge on any atom is -0.778 e. The van der Waals surface area contributed by atoms with E-state index in [-0.39, 0.29) is 5.92 Å². The van der Waals surface area contributed by atoms with Gasteiger partial charge in [-0.3, -0.25) is 0 Å². The van der Waals surface area contributed by atoms with Crippen molar-refractivity contribution in [1.82, 2.24) is 0 Å². The standard InChI is InChI=1S/C13H20NO4P/c1-4-11(5-2)13(14-18-19(15,16)17)12-8-6-7-10(3)9-12/h6-9,11H,4-5H2,1-3H3,(H2,15,16,17)/p-2. The van der Waals surface area contributed by atoms with Crippen LogP contribution in [0, 0.1) is 12.8 Å². The van der Waals surface area contributed by atoms with Gasteiger partial charge in [0.15, 0.2) is 0 Å². The van der Waals surface area contributed by atoms with Crippen LogP contribution in [0.25, 0.3) is 0 Å². The van der Waals surface area contributed by atoms with Gasteiger partial charge in [0.05, 0.1) is 5.71 Å². The molecular weight excluding hydrogens is 265 g/mol. The van der Waals surface area contributed by atoms with Gasteiger partial charge in [-0.25, -0.2) is 0 Å². The van der Waals surface area contributed by atoms with Gasteiger partial charge in [-0.15, -0.1) is 0 Å². The molecule has 0 aliphatic carbocycles. The van der Waals surface area contributed by atoms with E-state index in [1.165, 1.54) is 0 Å². The van der Waals surface area contributed by atoms with E-state index in [9.17, 15) is 14.4 Å². The molecular formula is C13H18NO4P-2. The average Bonchev–Trinajstić information content (AvgIpc) is 2.33. The molecule has 0 saturated heterocycles. The van der Waals surface area contributed by atoms with E-state index in [1.807, 2.05) is 45.0 Å². The van der Waals surface area contributed by atoms with E-state index in [4.69, 9.17) is 0 Å². The van der Waals surface area contributed by atoms with Crippen molar-refractivity contribution in [3.63, 3.8) is 0 Å². The summed E-state index contributed by atoms with van der Waals surface area (Å²) >= 11 is 0. The van der Waals surface area contributed by atoms with Crippen LogP contribution in [-0.4, -0.2) is 5.71 Å². The monoisotopic (exact) mass is 283 g/mol. The van der Waals surface area contributed by atoms with Crippen molar-refractivity contribution in [3.8, 4) is 0 Å². The molecule has 0 bridgehead atoms. The number of hydrogen-bond donors (Lipinski definition) is 0. The topological polar surface area (TPSA) is 84.8 Å². The van der Waals surface area contributed by atoms with Crippen LogP contribution in [0.5, 0.6) is 0 Å². The van der Waals surface area contributed by atoms with Crippen molar-refractivity contribution in [2.45, 2.75) is 33.6 Å². The number of aryl methyl sites for hydroxylation is 1. The number of nitrogens with zero attached hydrogens (tertiary/aromatic N) is 1. The fourth-order valence-corrected chi connectivity index (χ4v) is 2.12. The molecule has 0 unspecified atom stereocenters. The Morgan fingerprint density at radius 1 is 1.37 bits per heavy atom. The zero-order chi connectivity index (χ0) is 14.5. The van der Waals surface area contributed by atoms with Crippen molar-refractivity contribution in [2.24, 2.45) is 11.1 Å². The lowest BCUT2D eigenvalue weighted by atomic mass is 9.91. The van der Waals surface area contributed by atoms with Crippen molar-refractivity contribution in [2.75, 3.05) is 0 Å². The molecule has 0 atom stereocenters. The van der Waals surface area contributed by atoms with E-state index in [1.54, 1.807) is 0 Å². The second-order valence-corrected chi connectivity index (χ2v) is 5.45. The molecule has 0 heterocycles. The van der Waals surface area contributed by atoms with E-state index in [0.717, 1.165) is 24.0 Å². The van der Waals surface area contributed by atoms with E-state index >= 15 is 0 Å². The zero-order valence-electron chi connectivity index (χ0n) is 11.3. The van der Waals surface area contributed by atoms with Crippen LogP contribution in [0.1, 0.15) is 37.8 Å². The Morgan fingerprint density at radius 2 is 2.00 bits per heavy atom. The second-order valence-electron chi connectivity index (χ2n) is 4.39. The first kappa shape index (κ1) is 15.9. The summed E-state index contributed by atoms with van der Waals surface area (Å²) in [6, 6.07) is 7.51. The molecule has 0 fully saturated rings. The molecule has 106 valence electrons. The first-order valence-corrected chi connectivity index (χ1v) is 7.69. The van der Waals surface area contributed by atoms with Crippen LogP contribution >= 0.6 is 7.82 Å². The average molecular weight is 283 g/mol. The molecule has 1 rings (SSSR count). The largest absolute Gasteiger partial charge is 0.778 e. The van der Waals surface area contributed by atoms with Crippen molar-refractivity contribution >= 4 is 13.5 Å². The van der Waals surface area contributed by atoms with Gasteiger partial charge in [0.1, 0.15) is 7.82 Å². The molecule has 5 nitrogen and oxygen atoms in total. The third-order valence-corrected chi connectivity index (χ3v) is 3.21. The van der Waals surface area contributed by atoms with Crippen molar-refractivity contribution in [1.29, 1.82) is 0 Å². The SMILES string of the molecule is CCC(CC)C(=NOP(=O)([O-])[O-])c1cccc(C)c1. The normalized spacial score (nSPS) is 12.8. The van der Waals surface area contributed by atoms with Gasteiger partial charge in [0, 0.05) is 5.92 Å². The van der Waals surface area contributed by atoms with Crippen molar-refractivity contribution in [3.05, 3.63) is 35.4 Å². The number of rotatable bonds is 6. The van der Waals surface area contributed by atoms with E-state index in [2.05, 4.69) is 9.78 Å². The lowest BCUT2D eigenvalue weighted by Gasteiger charge is -2.26. The lowest BCUT2D eigenvalue weighted by molar-refractivity contribution is -0.341. The van der Waals surface area contributed by atoms with Crippen LogP contribution < -0.4 is 9.79 Å². The summed E-state index contributed by atoms with van der Waals surface area (Å²) in [7, 11) is -5.10. The Bertz CT molecular complexity index is 491. The Balaban J connectivity index is 3.15. The van der Waals surface area contributed by atoms with Gasteiger partial charge in [0.25, 0.3) is 0 Å². The summed E-state index contributed by atoms with van der Waals surface area (Å²) in [6.07, 6.45) is 1.57. The number of hydrogen-bond acceptors (Lipinski definition) is 5. The predicted molar refractivity (Wildman–Crippen MR) is 70.5 cm³/mol. The molecule has 0 aromatic heterocycles. The van der Waals surface area contributed by atoms with Gasteiger partial charge in [0.2, 0.25) is 0 Å². The molecule has 0 aliphatic heterocycles. The van der Waals surface area contributed by atoms with Gasteiger partial charge in [-0.1, -0.05) is 48.8 Å². The Morgan fingerprint density at radius 3 is 2.47 bits per heavy atom. The second kappa shape index (κ2) is 6.85. The highest BCUT2D eigenvalue weighted by Gasteiger charge is 2.15. The Kier molecular flexibility index (Phi) is 5.73. The van der Waals surface area contributed by atoms with Crippen LogP contribution in [0.2, 0.25) is 0 Å². The minimum atomic E-state index is -5.10. The van der Waals surface area contributed by atoms with E-state index in [0.29, 0.717) is 5.71 Å². The summed E-state index contributed by atoms with van der Waals surface area (Å²) in [5.74, 6) is 0.0494. The highest BCUT2D eigenvalue weighted by atomic mass is 31.2. The van der Waals surface area contributed by atoms with Crippen LogP contribution in [-0.2, 0) is 9.19 Å². The smallest absolute Gasteiger partial charge is 0.146 e. The fraction of sp³-hybridized carbons (Fsp3) is 0.462. The molecule has 19 heavy (non-hydrogen) atoms. The molecule has 1 aromatic carbocycles. The molecule has 0 N–H and O–H groups in total. The number of benzene rings is 1.